The lowest BCUT2D eigenvalue weighted by Gasteiger charge is -2.31. The van der Waals surface area contributed by atoms with Gasteiger partial charge in [0.2, 0.25) is 0 Å². The van der Waals surface area contributed by atoms with Crippen LogP contribution in [-0.4, -0.2) is 12.6 Å². The predicted molar refractivity (Wildman–Crippen MR) is 103 cm³/mol. The first-order valence-electron chi connectivity index (χ1n) is 8.72. The molecule has 2 aromatic rings. The van der Waals surface area contributed by atoms with Crippen molar-refractivity contribution < 1.29 is 0 Å². The summed E-state index contributed by atoms with van der Waals surface area (Å²) in [6.07, 6.45) is 8.44. The minimum Gasteiger partial charge on any atom is -0.364 e. The Morgan fingerprint density at radius 1 is 1.00 bits per heavy atom. The summed E-state index contributed by atoms with van der Waals surface area (Å²) in [7, 11) is 0. The molecule has 0 spiro atoms. The highest BCUT2D eigenvalue weighted by Crippen LogP contribution is 2.22. The summed E-state index contributed by atoms with van der Waals surface area (Å²) in [5.41, 5.74) is 5.28. The van der Waals surface area contributed by atoms with Crippen LogP contribution in [0.25, 0.3) is 0 Å². The van der Waals surface area contributed by atoms with Crippen LogP contribution < -0.4 is 10.2 Å². The third kappa shape index (κ3) is 4.29. The van der Waals surface area contributed by atoms with Crippen LogP contribution in [-0.2, 0) is 6.42 Å². The molecule has 0 atom stereocenters. The zero-order valence-corrected chi connectivity index (χ0v) is 14.6. The first-order valence-corrected chi connectivity index (χ1v) is 8.72. The average molecular weight is 318 g/mol. The normalized spacial score (nSPS) is 13.5. The van der Waals surface area contributed by atoms with E-state index in [2.05, 4.69) is 90.8 Å². The lowest BCUT2D eigenvalue weighted by molar-refractivity contribution is 0.695. The van der Waals surface area contributed by atoms with Gasteiger partial charge in [-0.15, -0.1) is 0 Å². The van der Waals surface area contributed by atoms with Crippen LogP contribution in [0.1, 0.15) is 31.4 Å². The maximum atomic E-state index is 3.37. The van der Waals surface area contributed by atoms with E-state index in [9.17, 15) is 0 Å². The molecule has 2 nitrogen and oxygen atoms in total. The van der Waals surface area contributed by atoms with Crippen LogP contribution in [0.2, 0.25) is 0 Å². The summed E-state index contributed by atoms with van der Waals surface area (Å²) in [6, 6.07) is 20.0. The molecule has 0 saturated heterocycles. The summed E-state index contributed by atoms with van der Waals surface area (Å²) in [4.78, 5) is 2.45. The molecule has 2 heteroatoms. The highest BCUT2D eigenvalue weighted by atomic mass is 15.2. The lowest BCUT2D eigenvalue weighted by Crippen LogP contribution is -2.35. The van der Waals surface area contributed by atoms with E-state index in [-0.39, 0.29) is 0 Å². The number of nitrogens with zero attached hydrogens (tertiary/aromatic N) is 1. The average Bonchev–Trinajstić information content (AvgIpc) is 2.61. The molecule has 0 amide bonds. The first-order chi connectivity index (χ1) is 11.7. The fourth-order valence-corrected chi connectivity index (χ4v) is 3.05. The maximum Gasteiger partial charge on any atom is 0.0579 e. The molecule has 1 aliphatic rings. The maximum absolute atomic E-state index is 3.37. The molecular weight excluding hydrogens is 292 g/mol. The van der Waals surface area contributed by atoms with Crippen molar-refractivity contribution in [2.24, 2.45) is 0 Å². The van der Waals surface area contributed by atoms with Crippen LogP contribution in [0.15, 0.2) is 78.6 Å². The van der Waals surface area contributed by atoms with Crippen LogP contribution in [0.5, 0.6) is 0 Å². The summed E-state index contributed by atoms with van der Waals surface area (Å²) in [5, 5.41) is 3.37. The third-order valence-corrected chi connectivity index (χ3v) is 4.34. The number of hydrogen-bond acceptors (Lipinski definition) is 2. The highest BCUT2D eigenvalue weighted by Gasteiger charge is 2.13. The van der Waals surface area contributed by atoms with E-state index < -0.39 is 0 Å². The SMILES string of the molecule is CC(C)N(CC1=CCC=CN1)c1cccc(Cc2ccccc2)c1. The smallest absolute Gasteiger partial charge is 0.0579 e. The molecule has 0 aromatic heterocycles. The van der Waals surface area contributed by atoms with Crippen molar-refractivity contribution in [3.05, 3.63) is 89.8 Å². The molecule has 0 unspecified atom stereocenters. The molecule has 3 rings (SSSR count). The van der Waals surface area contributed by atoms with Gasteiger partial charge in [0, 0.05) is 17.4 Å². The lowest BCUT2D eigenvalue weighted by atomic mass is 10.0. The van der Waals surface area contributed by atoms with Gasteiger partial charge in [0.05, 0.1) is 6.54 Å². The second-order valence-corrected chi connectivity index (χ2v) is 6.57. The fraction of sp³-hybridized carbons (Fsp3) is 0.273. The Morgan fingerprint density at radius 3 is 2.50 bits per heavy atom. The number of anilines is 1. The van der Waals surface area contributed by atoms with Gasteiger partial charge in [0.15, 0.2) is 0 Å². The predicted octanol–water partition coefficient (Wildman–Crippen LogP) is 4.88. The Labute approximate surface area is 145 Å². The number of allylic oxidation sites excluding steroid dienone is 2. The second kappa shape index (κ2) is 7.87. The van der Waals surface area contributed by atoms with E-state index in [1.165, 1.54) is 22.5 Å². The number of hydrogen-bond donors (Lipinski definition) is 1. The van der Waals surface area contributed by atoms with Crippen molar-refractivity contribution in [3.63, 3.8) is 0 Å². The van der Waals surface area contributed by atoms with Gasteiger partial charge in [-0.2, -0.15) is 0 Å². The summed E-state index contributed by atoms with van der Waals surface area (Å²) < 4.78 is 0. The third-order valence-electron chi connectivity index (χ3n) is 4.34. The van der Waals surface area contributed by atoms with Gasteiger partial charge in [-0.1, -0.05) is 54.6 Å². The Bertz CT molecular complexity index is 714. The quantitative estimate of drug-likeness (QED) is 0.816. The monoisotopic (exact) mass is 318 g/mol. The number of rotatable bonds is 6. The topological polar surface area (TPSA) is 15.3 Å². The molecule has 1 aliphatic heterocycles. The molecule has 1 N–H and O–H groups in total. The zero-order chi connectivity index (χ0) is 16.8. The van der Waals surface area contributed by atoms with Crippen molar-refractivity contribution in [2.75, 3.05) is 11.4 Å². The molecule has 0 radical (unpaired) electrons. The minimum atomic E-state index is 0.450. The van der Waals surface area contributed by atoms with Crippen molar-refractivity contribution in [3.8, 4) is 0 Å². The number of nitrogens with one attached hydrogen (secondary N) is 1. The molecule has 0 saturated carbocycles. The van der Waals surface area contributed by atoms with Crippen molar-refractivity contribution in [2.45, 2.75) is 32.7 Å². The molecule has 0 fully saturated rings. The van der Waals surface area contributed by atoms with Gasteiger partial charge >= 0.3 is 0 Å². The van der Waals surface area contributed by atoms with Gasteiger partial charge in [-0.05, 0) is 56.1 Å². The van der Waals surface area contributed by atoms with E-state index in [1.807, 2.05) is 6.20 Å². The Morgan fingerprint density at radius 2 is 1.79 bits per heavy atom. The number of benzene rings is 2. The van der Waals surface area contributed by atoms with Gasteiger partial charge in [0.1, 0.15) is 0 Å². The largest absolute Gasteiger partial charge is 0.364 e. The fourth-order valence-electron chi connectivity index (χ4n) is 3.05. The van der Waals surface area contributed by atoms with Crippen LogP contribution >= 0.6 is 0 Å². The zero-order valence-electron chi connectivity index (χ0n) is 14.6. The summed E-state index contributed by atoms with van der Waals surface area (Å²) >= 11 is 0. The Kier molecular flexibility index (Phi) is 5.37. The standard InChI is InChI=1S/C22H26N2/c1-18(2)24(17-21-12-6-7-14-23-21)22-13-8-11-20(16-22)15-19-9-4-3-5-10-19/h3-5,7-14,16,18,23H,6,15,17H2,1-2H3. The van der Waals surface area contributed by atoms with Crippen molar-refractivity contribution in [1.29, 1.82) is 0 Å². The van der Waals surface area contributed by atoms with Gasteiger partial charge in [0.25, 0.3) is 0 Å². The van der Waals surface area contributed by atoms with Gasteiger partial charge in [-0.25, -0.2) is 0 Å². The molecule has 0 bridgehead atoms. The van der Waals surface area contributed by atoms with Crippen LogP contribution in [0.3, 0.4) is 0 Å². The Balaban J connectivity index is 1.78. The van der Waals surface area contributed by atoms with Crippen molar-refractivity contribution >= 4 is 5.69 Å². The van der Waals surface area contributed by atoms with E-state index >= 15 is 0 Å². The molecule has 0 aliphatic carbocycles. The molecule has 2 aromatic carbocycles. The molecule has 24 heavy (non-hydrogen) atoms. The summed E-state index contributed by atoms with van der Waals surface area (Å²) in [6.45, 7) is 5.42. The Hall–Kier alpha value is -2.48. The van der Waals surface area contributed by atoms with Gasteiger partial charge in [-0.3, -0.25) is 0 Å². The summed E-state index contributed by atoms with van der Waals surface area (Å²) in [5.74, 6) is 0. The molecular formula is C22H26N2. The number of dihydropyridines is 1. The first kappa shape index (κ1) is 16.4. The molecule has 124 valence electrons. The second-order valence-electron chi connectivity index (χ2n) is 6.57. The van der Waals surface area contributed by atoms with E-state index in [1.54, 1.807) is 0 Å². The van der Waals surface area contributed by atoms with E-state index in [0.717, 1.165) is 19.4 Å². The van der Waals surface area contributed by atoms with Crippen molar-refractivity contribution in [1.82, 2.24) is 5.32 Å². The van der Waals surface area contributed by atoms with E-state index in [0.29, 0.717) is 6.04 Å². The minimum absolute atomic E-state index is 0.450. The highest BCUT2D eigenvalue weighted by molar-refractivity contribution is 5.51. The van der Waals surface area contributed by atoms with E-state index in [4.69, 9.17) is 0 Å². The molecule has 1 heterocycles. The van der Waals surface area contributed by atoms with Gasteiger partial charge < -0.3 is 10.2 Å². The van der Waals surface area contributed by atoms with Crippen LogP contribution in [0.4, 0.5) is 5.69 Å². The van der Waals surface area contributed by atoms with Crippen LogP contribution in [0, 0.1) is 0 Å².